The van der Waals surface area contributed by atoms with E-state index < -0.39 is 5.82 Å². The average Bonchev–Trinajstić information content (AvgIpc) is 2.37. The van der Waals surface area contributed by atoms with Gasteiger partial charge in [0.1, 0.15) is 29.8 Å². The quantitative estimate of drug-likeness (QED) is 0.842. The van der Waals surface area contributed by atoms with E-state index in [0.29, 0.717) is 0 Å². The Bertz CT molecular complexity index is 591. The topological polar surface area (TPSA) is 59.0 Å². The van der Waals surface area contributed by atoms with E-state index in [2.05, 4.69) is 0 Å². The Labute approximate surface area is 104 Å². The molecule has 0 aliphatic heterocycles. The number of nitrogen functional groups attached to an aromatic ring is 1. The summed E-state index contributed by atoms with van der Waals surface area (Å²) in [6.07, 6.45) is 0. The highest BCUT2D eigenvalue weighted by molar-refractivity contribution is 5.61. The Hall–Kier alpha value is -2.54. The fraction of sp³-hybridized carbons (Fsp3) is 0.0714. The molecule has 0 amide bonds. The molecule has 0 aliphatic carbocycles. The largest absolute Gasteiger partial charge is 0.487 e. The SMILES string of the molecule is N#Cc1c(N)cc(F)cc1OCc1ccccc1. The van der Waals surface area contributed by atoms with Gasteiger partial charge in [-0.3, -0.25) is 0 Å². The van der Waals surface area contributed by atoms with E-state index in [4.69, 9.17) is 15.7 Å². The van der Waals surface area contributed by atoms with Gasteiger partial charge in [0.15, 0.2) is 0 Å². The smallest absolute Gasteiger partial charge is 0.142 e. The van der Waals surface area contributed by atoms with Crippen LogP contribution in [0.15, 0.2) is 42.5 Å². The molecule has 0 bridgehead atoms. The van der Waals surface area contributed by atoms with E-state index in [0.717, 1.165) is 17.7 Å². The molecule has 2 aromatic rings. The number of anilines is 1. The van der Waals surface area contributed by atoms with Crippen LogP contribution in [-0.4, -0.2) is 0 Å². The molecule has 2 rings (SSSR count). The number of hydrogen-bond donors (Lipinski definition) is 1. The van der Waals surface area contributed by atoms with Crippen LogP contribution in [0.25, 0.3) is 0 Å². The fourth-order valence-electron chi connectivity index (χ4n) is 1.57. The molecule has 0 heterocycles. The summed E-state index contributed by atoms with van der Waals surface area (Å²) in [4.78, 5) is 0. The van der Waals surface area contributed by atoms with Gasteiger partial charge in [0, 0.05) is 6.07 Å². The molecule has 2 N–H and O–H groups in total. The minimum absolute atomic E-state index is 0.0839. The van der Waals surface area contributed by atoms with Crippen LogP contribution in [0.5, 0.6) is 5.75 Å². The van der Waals surface area contributed by atoms with E-state index in [1.807, 2.05) is 36.4 Å². The highest BCUT2D eigenvalue weighted by Crippen LogP contribution is 2.26. The van der Waals surface area contributed by atoms with Gasteiger partial charge in [-0.15, -0.1) is 0 Å². The van der Waals surface area contributed by atoms with Gasteiger partial charge in [-0.2, -0.15) is 5.26 Å². The molecule has 2 aromatic carbocycles. The first-order valence-corrected chi connectivity index (χ1v) is 5.36. The fourth-order valence-corrected chi connectivity index (χ4v) is 1.57. The van der Waals surface area contributed by atoms with Gasteiger partial charge in [0.25, 0.3) is 0 Å². The van der Waals surface area contributed by atoms with Crippen LogP contribution in [-0.2, 0) is 6.61 Å². The second kappa shape index (κ2) is 5.19. The summed E-state index contributed by atoms with van der Waals surface area (Å²) in [7, 11) is 0. The van der Waals surface area contributed by atoms with Gasteiger partial charge in [-0.05, 0) is 11.6 Å². The summed E-state index contributed by atoms with van der Waals surface area (Å²) in [5.41, 5.74) is 6.74. The standard InChI is InChI=1S/C14H11FN2O/c15-11-6-13(17)12(8-16)14(7-11)18-9-10-4-2-1-3-5-10/h1-7H,9,17H2. The Morgan fingerprint density at radius 1 is 1.22 bits per heavy atom. The third-order valence-electron chi connectivity index (χ3n) is 2.45. The van der Waals surface area contributed by atoms with Crippen LogP contribution >= 0.6 is 0 Å². The predicted molar refractivity (Wildman–Crippen MR) is 66.3 cm³/mol. The van der Waals surface area contributed by atoms with E-state index in [9.17, 15) is 4.39 Å². The molecule has 18 heavy (non-hydrogen) atoms. The van der Waals surface area contributed by atoms with Crippen molar-refractivity contribution >= 4 is 5.69 Å². The van der Waals surface area contributed by atoms with Gasteiger partial charge in [0.05, 0.1) is 5.69 Å². The lowest BCUT2D eigenvalue weighted by atomic mass is 10.1. The first kappa shape index (κ1) is 11.9. The van der Waals surface area contributed by atoms with Crippen molar-refractivity contribution < 1.29 is 9.13 Å². The Morgan fingerprint density at radius 2 is 1.94 bits per heavy atom. The van der Waals surface area contributed by atoms with Crippen LogP contribution in [0.3, 0.4) is 0 Å². The summed E-state index contributed by atoms with van der Waals surface area (Å²) < 4.78 is 18.6. The maximum absolute atomic E-state index is 13.2. The lowest BCUT2D eigenvalue weighted by Crippen LogP contribution is -2.00. The highest BCUT2D eigenvalue weighted by atomic mass is 19.1. The van der Waals surface area contributed by atoms with E-state index in [1.165, 1.54) is 0 Å². The first-order valence-electron chi connectivity index (χ1n) is 5.36. The molecule has 4 heteroatoms. The third-order valence-corrected chi connectivity index (χ3v) is 2.45. The number of hydrogen-bond acceptors (Lipinski definition) is 3. The van der Waals surface area contributed by atoms with Crippen LogP contribution in [0.1, 0.15) is 11.1 Å². The van der Waals surface area contributed by atoms with Crippen LogP contribution < -0.4 is 10.5 Å². The van der Waals surface area contributed by atoms with Crippen LogP contribution in [0.2, 0.25) is 0 Å². The molecular formula is C14H11FN2O. The summed E-state index contributed by atoms with van der Waals surface area (Å²) in [5.74, 6) is -0.353. The minimum Gasteiger partial charge on any atom is -0.487 e. The van der Waals surface area contributed by atoms with Crippen molar-refractivity contribution in [2.24, 2.45) is 0 Å². The second-order valence-electron chi connectivity index (χ2n) is 3.75. The molecule has 3 nitrogen and oxygen atoms in total. The molecule has 0 fully saturated rings. The van der Waals surface area contributed by atoms with Crippen molar-refractivity contribution in [1.29, 1.82) is 5.26 Å². The maximum atomic E-state index is 13.2. The van der Waals surface area contributed by atoms with Crippen molar-refractivity contribution in [3.63, 3.8) is 0 Å². The van der Waals surface area contributed by atoms with Gasteiger partial charge in [-0.1, -0.05) is 30.3 Å². The number of benzene rings is 2. The number of halogens is 1. The number of ether oxygens (including phenoxy) is 1. The highest BCUT2D eigenvalue weighted by Gasteiger charge is 2.10. The van der Waals surface area contributed by atoms with Crippen molar-refractivity contribution in [3.05, 3.63) is 59.4 Å². The van der Waals surface area contributed by atoms with E-state index in [1.54, 1.807) is 0 Å². The van der Waals surface area contributed by atoms with Crippen molar-refractivity contribution in [2.45, 2.75) is 6.61 Å². The molecule has 0 atom stereocenters. The van der Waals surface area contributed by atoms with Gasteiger partial charge >= 0.3 is 0 Å². The number of rotatable bonds is 3. The number of nitrogens with zero attached hydrogens (tertiary/aromatic N) is 1. The zero-order valence-corrected chi connectivity index (χ0v) is 9.56. The van der Waals surface area contributed by atoms with Gasteiger partial charge in [0.2, 0.25) is 0 Å². The molecule has 0 radical (unpaired) electrons. The number of nitrogens with two attached hydrogens (primary N) is 1. The summed E-state index contributed by atoms with van der Waals surface area (Å²) in [6, 6.07) is 13.6. The Morgan fingerprint density at radius 3 is 2.61 bits per heavy atom. The van der Waals surface area contributed by atoms with Crippen molar-refractivity contribution in [3.8, 4) is 11.8 Å². The first-order chi connectivity index (χ1) is 8.70. The minimum atomic E-state index is -0.519. The van der Waals surface area contributed by atoms with Crippen molar-refractivity contribution in [1.82, 2.24) is 0 Å². The van der Waals surface area contributed by atoms with Crippen LogP contribution in [0, 0.1) is 17.1 Å². The Balaban J connectivity index is 2.22. The van der Waals surface area contributed by atoms with Crippen molar-refractivity contribution in [2.75, 3.05) is 5.73 Å². The molecular weight excluding hydrogens is 231 g/mol. The molecule has 0 spiro atoms. The summed E-state index contributed by atoms with van der Waals surface area (Å²) in [6.45, 7) is 0.262. The lowest BCUT2D eigenvalue weighted by molar-refractivity contribution is 0.304. The zero-order chi connectivity index (χ0) is 13.0. The lowest BCUT2D eigenvalue weighted by Gasteiger charge is -2.09. The predicted octanol–water partition coefficient (Wildman–Crippen LogP) is 2.86. The molecule has 0 saturated carbocycles. The molecule has 0 unspecified atom stereocenters. The maximum Gasteiger partial charge on any atom is 0.142 e. The van der Waals surface area contributed by atoms with Crippen LogP contribution in [0.4, 0.5) is 10.1 Å². The summed E-state index contributed by atoms with van der Waals surface area (Å²) >= 11 is 0. The zero-order valence-electron chi connectivity index (χ0n) is 9.56. The molecule has 0 saturated heterocycles. The normalized spacial score (nSPS) is 9.78. The molecule has 90 valence electrons. The number of nitriles is 1. The third kappa shape index (κ3) is 2.58. The van der Waals surface area contributed by atoms with Gasteiger partial charge in [-0.25, -0.2) is 4.39 Å². The molecule has 0 aliphatic rings. The summed E-state index contributed by atoms with van der Waals surface area (Å²) in [5, 5.41) is 8.95. The van der Waals surface area contributed by atoms with E-state index >= 15 is 0 Å². The second-order valence-corrected chi connectivity index (χ2v) is 3.75. The van der Waals surface area contributed by atoms with E-state index in [-0.39, 0.29) is 23.6 Å². The Kier molecular flexibility index (Phi) is 3.44. The molecule has 0 aromatic heterocycles. The average molecular weight is 242 g/mol. The monoisotopic (exact) mass is 242 g/mol. The van der Waals surface area contributed by atoms with Gasteiger partial charge < -0.3 is 10.5 Å².